The van der Waals surface area contributed by atoms with E-state index >= 15 is 0 Å². The highest BCUT2D eigenvalue weighted by molar-refractivity contribution is 9.11. The standard InChI is InChI=1S/C8H7BrFNO3S/c9-6-1-4(3-15-6)7(12)11-5(2-10)8(13)14/h1,3,5H,2H2,(H,11,12)(H,13,14). The number of aliphatic carboxylic acids is 1. The Kier molecular flexibility index (Phi) is 4.22. The Hall–Kier alpha value is -0.950. The van der Waals surface area contributed by atoms with Crippen molar-refractivity contribution in [2.24, 2.45) is 0 Å². The summed E-state index contributed by atoms with van der Waals surface area (Å²) in [5, 5.41) is 12.1. The van der Waals surface area contributed by atoms with Gasteiger partial charge in [-0.1, -0.05) is 0 Å². The van der Waals surface area contributed by atoms with E-state index in [0.29, 0.717) is 5.56 Å². The third-order valence-electron chi connectivity index (χ3n) is 1.59. The molecule has 1 unspecified atom stereocenters. The molecule has 1 amide bonds. The number of hydrogen-bond acceptors (Lipinski definition) is 3. The van der Waals surface area contributed by atoms with E-state index in [0.717, 1.165) is 3.79 Å². The van der Waals surface area contributed by atoms with Crippen molar-refractivity contribution in [3.63, 3.8) is 0 Å². The van der Waals surface area contributed by atoms with Crippen LogP contribution in [0, 0.1) is 0 Å². The van der Waals surface area contributed by atoms with Gasteiger partial charge in [-0.25, -0.2) is 9.18 Å². The average molecular weight is 296 g/mol. The molecule has 0 saturated carbocycles. The number of hydrogen-bond donors (Lipinski definition) is 2. The quantitative estimate of drug-likeness (QED) is 0.888. The third kappa shape index (κ3) is 3.28. The van der Waals surface area contributed by atoms with E-state index < -0.39 is 24.6 Å². The number of amides is 1. The minimum absolute atomic E-state index is 0.312. The molecular formula is C8H7BrFNO3S. The zero-order valence-corrected chi connectivity index (χ0v) is 9.77. The topological polar surface area (TPSA) is 66.4 Å². The molecule has 0 saturated heterocycles. The van der Waals surface area contributed by atoms with Crippen LogP contribution in [-0.2, 0) is 4.79 Å². The first kappa shape index (κ1) is 12.1. The van der Waals surface area contributed by atoms with E-state index in [4.69, 9.17) is 5.11 Å². The Morgan fingerprint density at radius 3 is 2.73 bits per heavy atom. The van der Waals surface area contributed by atoms with Gasteiger partial charge in [-0.3, -0.25) is 4.79 Å². The van der Waals surface area contributed by atoms with Crippen LogP contribution >= 0.6 is 27.3 Å². The van der Waals surface area contributed by atoms with E-state index in [1.807, 2.05) is 0 Å². The van der Waals surface area contributed by atoms with Gasteiger partial charge in [-0.05, 0) is 22.0 Å². The molecule has 0 aliphatic heterocycles. The fourth-order valence-corrected chi connectivity index (χ4v) is 1.97. The van der Waals surface area contributed by atoms with Gasteiger partial charge in [0.05, 0.1) is 9.35 Å². The van der Waals surface area contributed by atoms with Crippen molar-refractivity contribution in [1.82, 2.24) is 5.32 Å². The van der Waals surface area contributed by atoms with Gasteiger partial charge in [0.25, 0.3) is 5.91 Å². The Balaban J connectivity index is 2.66. The number of alkyl halides is 1. The summed E-state index contributed by atoms with van der Waals surface area (Å²) in [6.07, 6.45) is 0. The van der Waals surface area contributed by atoms with E-state index in [-0.39, 0.29) is 0 Å². The van der Waals surface area contributed by atoms with Gasteiger partial charge < -0.3 is 10.4 Å². The van der Waals surface area contributed by atoms with Crippen LogP contribution in [0.5, 0.6) is 0 Å². The average Bonchev–Trinajstić information content (AvgIpc) is 2.60. The van der Waals surface area contributed by atoms with Crippen LogP contribution in [0.3, 0.4) is 0 Å². The van der Waals surface area contributed by atoms with Gasteiger partial charge in [-0.15, -0.1) is 11.3 Å². The number of carbonyl (C=O) groups excluding carboxylic acids is 1. The molecule has 0 aromatic carbocycles. The molecule has 82 valence electrons. The molecule has 1 heterocycles. The normalized spacial score (nSPS) is 12.1. The van der Waals surface area contributed by atoms with E-state index in [1.165, 1.54) is 17.4 Å². The fraction of sp³-hybridized carbons (Fsp3) is 0.250. The van der Waals surface area contributed by atoms with Gasteiger partial charge >= 0.3 is 5.97 Å². The third-order valence-corrected chi connectivity index (χ3v) is 3.09. The van der Waals surface area contributed by atoms with Gasteiger partial charge in [0.15, 0.2) is 6.04 Å². The fourth-order valence-electron chi connectivity index (χ4n) is 0.837. The second kappa shape index (κ2) is 5.22. The Labute approximate surface area is 97.2 Å². The number of carbonyl (C=O) groups is 2. The number of halogens is 2. The summed E-state index contributed by atoms with van der Waals surface area (Å²) in [5.41, 5.74) is 0.312. The predicted octanol–water partition coefficient (Wildman–Crippen LogP) is 1.66. The van der Waals surface area contributed by atoms with Crippen LogP contribution in [-0.4, -0.2) is 29.7 Å². The predicted molar refractivity (Wildman–Crippen MR) is 56.9 cm³/mol. The number of thiophene rings is 1. The summed E-state index contributed by atoms with van der Waals surface area (Å²) in [5.74, 6) is -1.98. The highest BCUT2D eigenvalue weighted by atomic mass is 79.9. The van der Waals surface area contributed by atoms with Gasteiger partial charge in [0.2, 0.25) is 0 Å². The van der Waals surface area contributed by atoms with Crippen molar-refractivity contribution in [3.05, 3.63) is 20.8 Å². The molecule has 1 aromatic heterocycles. The van der Waals surface area contributed by atoms with E-state index in [2.05, 4.69) is 21.2 Å². The second-order valence-corrected chi connectivity index (χ2v) is 4.95. The van der Waals surface area contributed by atoms with Crippen molar-refractivity contribution in [2.75, 3.05) is 6.67 Å². The Morgan fingerprint density at radius 2 is 2.33 bits per heavy atom. The molecular weight excluding hydrogens is 289 g/mol. The summed E-state index contributed by atoms with van der Waals surface area (Å²) < 4.78 is 12.9. The lowest BCUT2D eigenvalue weighted by molar-refractivity contribution is -0.139. The van der Waals surface area contributed by atoms with Crippen molar-refractivity contribution in [2.45, 2.75) is 6.04 Å². The van der Waals surface area contributed by atoms with Crippen molar-refractivity contribution < 1.29 is 19.1 Å². The number of nitrogens with one attached hydrogen (secondary N) is 1. The summed E-state index contributed by atoms with van der Waals surface area (Å²) in [6, 6.07) is 0.0492. The molecule has 1 aromatic rings. The molecule has 0 aliphatic carbocycles. The maximum atomic E-state index is 12.2. The van der Waals surface area contributed by atoms with Crippen LogP contribution in [0.2, 0.25) is 0 Å². The van der Waals surface area contributed by atoms with E-state index in [9.17, 15) is 14.0 Å². The molecule has 0 aliphatic rings. The SMILES string of the molecule is O=C(NC(CF)C(=O)O)c1csc(Br)c1. The van der Waals surface area contributed by atoms with Crippen molar-refractivity contribution >= 4 is 39.1 Å². The first-order valence-electron chi connectivity index (χ1n) is 3.88. The highest BCUT2D eigenvalue weighted by Gasteiger charge is 2.20. The van der Waals surface area contributed by atoms with Crippen LogP contribution in [0.25, 0.3) is 0 Å². The molecule has 7 heteroatoms. The molecule has 0 spiro atoms. The second-order valence-electron chi connectivity index (χ2n) is 2.66. The van der Waals surface area contributed by atoms with E-state index in [1.54, 1.807) is 5.38 Å². The van der Waals surface area contributed by atoms with Gasteiger partial charge in [-0.2, -0.15) is 0 Å². The lowest BCUT2D eigenvalue weighted by atomic mass is 10.2. The maximum absolute atomic E-state index is 12.2. The number of carboxylic acid groups (broad SMARTS) is 1. The molecule has 2 N–H and O–H groups in total. The summed E-state index contributed by atoms with van der Waals surface area (Å²) >= 11 is 4.45. The first-order valence-corrected chi connectivity index (χ1v) is 5.55. The first-order chi connectivity index (χ1) is 7.04. The molecule has 1 atom stereocenters. The van der Waals surface area contributed by atoms with Crippen LogP contribution in [0.15, 0.2) is 15.2 Å². The smallest absolute Gasteiger partial charge is 0.328 e. The number of carboxylic acids is 1. The molecule has 1 rings (SSSR count). The molecule has 0 radical (unpaired) electrons. The minimum Gasteiger partial charge on any atom is -0.480 e. The summed E-state index contributed by atoms with van der Waals surface area (Å²) in [7, 11) is 0. The van der Waals surface area contributed by atoms with Crippen molar-refractivity contribution in [1.29, 1.82) is 0 Å². The van der Waals surface area contributed by atoms with Crippen molar-refractivity contribution in [3.8, 4) is 0 Å². The Bertz CT molecular complexity index is 382. The van der Waals surface area contributed by atoms with Crippen LogP contribution < -0.4 is 5.32 Å². The summed E-state index contributed by atoms with van der Waals surface area (Å²) in [4.78, 5) is 21.8. The molecule has 0 bridgehead atoms. The molecule has 4 nitrogen and oxygen atoms in total. The maximum Gasteiger partial charge on any atom is 0.328 e. The minimum atomic E-state index is -1.49. The monoisotopic (exact) mass is 295 g/mol. The molecule has 0 fully saturated rings. The largest absolute Gasteiger partial charge is 0.480 e. The lowest BCUT2D eigenvalue weighted by Crippen LogP contribution is -2.42. The van der Waals surface area contributed by atoms with Crippen LogP contribution in [0.4, 0.5) is 4.39 Å². The lowest BCUT2D eigenvalue weighted by Gasteiger charge is -2.09. The Morgan fingerprint density at radius 1 is 1.67 bits per heavy atom. The van der Waals surface area contributed by atoms with Gasteiger partial charge in [0.1, 0.15) is 6.67 Å². The van der Waals surface area contributed by atoms with Crippen LogP contribution in [0.1, 0.15) is 10.4 Å². The summed E-state index contributed by atoms with van der Waals surface area (Å²) in [6.45, 7) is -1.13. The van der Waals surface area contributed by atoms with Gasteiger partial charge in [0, 0.05) is 5.38 Å². The highest BCUT2D eigenvalue weighted by Crippen LogP contribution is 2.20. The zero-order valence-electron chi connectivity index (χ0n) is 7.37. The molecule has 15 heavy (non-hydrogen) atoms. The zero-order chi connectivity index (χ0) is 11.4. The number of rotatable bonds is 4.